The molecule has 3 N–H and O–H groups in total. The maximum atomic E-state index is 13.2. The van der Waals surface area contributed by atoms with Gasteiger partial charge >= 0.3 is 0 Å². The van der Waals surface area contributed by atoms with E-state index in [-0.39, 0.29) is 16.6 Å². The first-order valence-corrected chi connectivity index (χ1v) is 12.2. The summed E-state index contributed by atoms with van der Waals surface area (Å²) < 4.78 is 38.7. The van der Waals surface area contributed by atoms with Crippen LogP contribution in [0.4, 0.5) is 10.1 Å². The molecule has 166 valence electrons. The number of hydrogen-bond acceptors (Lipinski definition) is 5. The van der Waals surface area contributed by atoms with Crippen molar-refractivity contribution >= 4 is 43.2 Å². The van der Waals surface area contributed by atoms with E-state index in [1.807, 2.05) is 13.8 Å². The maximum absolute atomic E-state index is 13.2. The van der Waals surface area contributed by atoms with E-state index in [2.05, 4.69) is 10.4 Å². The Bertz CT molecular complexity index is 1420. The summed E-state index contributed by atoms with van der Waals surface area (Å²) in [7, 11) is -3.91. The zero-order valence-electron chi connectivity index (χ0n) is 17.4. The average molecular weight is 473 g/mol. The van der Waals surface area contributed by atoms with Gasteiger partial charge < -0.3 is 5.32 Å². The topological polar surface area (TPSA) is 107 Å². The van der Waals surface area contributed by atoms with Crippen LogP contribution in [0, 0.1) is 12.7 Å². The number of nitrogens with zero attached hydrogens (tertiary/aromatic N) is 2. The summed E-state index contributed by atoms with van der Waals surface area (Å²) in [5.74, 6) is -0.660. The number of nitrogens with one attached hydrogen (secondary N) is 1. The normalized spacial score (nSPS) is 11.8. The lowest BCUT2D eigenvalue weighted by Gasteiger charge is -2.09. The van der Waals surface area contributed by atoms with Crippen molar-refractivity contribution < 1.29 is 17.6 Å². The molecule has 32 heavy (non-hydrogen) atoms. The van der Waals surface area contributed by atoms with Gasteiger partial charge in [0.2, 0.25) is 10.0 Å². The number of hydrogen-bond donors (Lipinski definition) is 2. The Labute approximate surface area is 188 Å². The monoisotopic (exact) mass is 472 g/mol. The van der Waals surface area contributed by atoms with Crippen LogP contribution in [-0.4, -0.2) is 24.1 Å². The van der Waals surface area contributed by atoms with Crippen molar-refractivity contribution in [1.29, 1.82) is 0 Å². The Kier molecular flexibility index (Phi) is 5.85. The first-order chi connectivity index (χ1) is 15.2. The highest BCUT2D eigenvalue weighted by atomic mass is 32.2. The Morgan fingerprint density at radius 2 is 1.91 bits per heavy atom. The average Bonchev–Trinajstić information content (AvgIpc) is 3.30. The summed E-state index contributed by atoms with van der Waals surface area (Å²) in [6, 6.07) is 12.6. The number of halogens is 1. The van der Waals surface area contributed by atoms with Crippen molar-refractivity contribution in [2.45, 2.75) is 31.7 Å². The van der Waals surface area contributed by atoms with Crippen LogP contribution in [0.15, 0.2) is 53.4 Å². The van der Waals surface area contributed by atoms with Gasteiger partial charge in [-0.1, -0.05) is 25.1 Å². The number of carbonyl (C=O) groups excluding carboxylic acids is 1. The molecular weight excluding hydrogens is 451 g/mol. The Hall–Kier alpha value is -3.08. The maximum Gasteiger partial charge on any atom is 0.265 e. The second-order valence-corrected chi connectivity index (χ2v) is 9.93. The molecule has 0 saturated heterocycles. The zero-order chi connectivity index (χ0) is 23.0. The van der Waals surface area contributed by atoms with Crippen molar-refractivity contribution in [1.82, 2.24) is 9.78 Å². The van der Waals surface area contributed by atoms with Crippen molar-refractivity contribution in [3.8, 4) is 0 Å². The van der Waals surface area contributed by atoms with Gasteiger partial charge in [0.1, 0.15) is 10.6 Å². The Morgan fingerprint density at radius 3 is 2.56 bits per heavy atom. The molecule has 1 amide bonds. The van der Waals surface area contributed by atoms with E-state index in [0.717, 1.165) is 21.5 Å². The number of carbonyl (C=O) groups is 1. The summed E-state index contributed by atoms with van der Waals surface area (Å²) in [6.07, 6.45) is 0.500. The molecule has 7 nitrogen and oxygen atoms in total. The van der Waals surface area contributed by atoms with Gasteiger partial charge in [0, 0.05) is 11.1 Å². The fourth-order valence-electron chi connectivity index (χ4n) is 3.48. The van der Waals surface area contributed by atoms with Crippen LogP contribution >= 0.6 is 11.3 Å². The summed E-state index contributed by atoms with van der Waals surface area (Å²) in [6.45, 7) is 4.14. The number of fused-ring (bicyclic) bond motifs is 1. The number of anilines is 1. The van der Waals surface area contributed by atoms with E-state index < -0.39 is 10.0 Å². The molecule has 0 fully saturated rings. The molecule has 0 radical (unpaired) electrons. The lowest BCUT2D eigenvalue weighted by Crippen LogP contribution is -2.16. The number of sulfonamides is 1. The lowest BCUT2D eigenvalue weighted by atomic mass is 10.1. The predicted octanol–water partition coefficient (Wildman–Crippen LogP) is 4.06. The second kappa shape index (κ2) is 8.45. The lowest BCUT2D eigenvalue weighted by molar-refractivity contribution is 0.103. The van der Waals surface area contributed by atoms with Crippen LogP contribution in [0.2, 0.25) is 0 Å². The fraction of sp³-hybridized carbons (Fsp3) is 0.182. The first kappa shape index (κ1) is 22.1. The van der Waals surface area contributed by atoms with E-state index in [1.165, 1.54) is 29.5 Å². The highest BCUT2D eigenvalue weighted by Gasteiger charge is 2.19. The molecule has 0 saturated carbocycles. The summed E-state index contributed by atoms with van der Waals surface area (Å²) in [4.78, 5) is 14.1. The van der Waals surface area contributed by atoms with Crippen molar-refractivity contribution in [3.63, 3.8) is 0 Å². The van der Waals surface area contributed by atoms with Gasteiger partial charge in [-0.3, -0.25) is 9.48 Å². The zero-order valence-corrected chi connectivity index (χ0v) is 19.1. The predicted molar refractivity (Wildman–Crippen MR) is 123 cm³/mol. The fourth-order valence-corrected chi connectivity index (χ4v) is 5.40. The van der Waals surface area contributed by atoms with Crippen LogP contribution in [-0.2, 0) is 23.0 Å². The summed E-state index contributed by atoms with van der Waals surface area (Å²) in [5, 5.41) is 13.5. The Morgan fingerprint density at radius 1 is 1.19 bits per heavy atom. The standard InChI is InChI=1S/C22H21FN4O3S2/c1-3-15-6-9-17(10-20(15)32(24,29)30)25-21(28)19-11-18-13(2)26-27(22(18)31-19)12-14-4-7-16(23)8-5-14/h4-11H,3,12H2,1-2H3,(H,25,28)(H2,24,29,30). The molecule has 0 atom stereocenters. The van der Waals surface area contributed by atoms with Crippen LogP contribution in [0.1, 0.15) is 33.4 Å². The number of aryl methyl sites for hydroxylation is 2. The second-order valence-electron chi connectivity index (χ2n) is 7.37. The van der Waals surface area contributed by atoms with E-state index in [4.69, 9.17) is 5.14 Å². The number of aromatic nitrogens is 2. The number of rotatable bonds is 6. The van der Waals surface area contributed by atoms with Gasteiger partial charge in [-0.25, -0.2) is 17.9 Å². The van der Waals surface area contributed by atoms with Crippen molar-refractivity contribution in [2.75, 3.05) is 5.32 Å². The van der Waals surface area contributed by atoms with Gasteiger partial charge in [-0.2, -0.15) is 5.10 Å². The molecule has 2 aromatic heterocycles. The largest absolute Gasteiger partial charge is 0.321 e. The van der Waals surface area contributed by atoms with E-state index in [1.54, 1.807) is 35.0 Å². The number of nitrogens with two attached hydrogens (primary N) is 1. The van der Waals surface area contributed by atoms with E-state index >= 15 is 0 Å². The summed E-state index contributed by atoms with van der Waals surface area (Å²) in [5.41, 5.74) is 2.60. The Balaban J connectivity index is 1.62. The molecule has 0 spiro atoms. The number of benzene rings is 2. The van der Waals surface area contributed by atoms with Gasteiger partial charge in [-0.15, -0.1) is 11.3 Å². The van der Waals surface area contributed by atoms with Crippen molar-refractivity contribution in [2.24, 2.45) is 5.14 Å². The number of primary sulfonamides is 1. The van der Waals surface area contributed by atoms with Crippen molar-refractivity contribution in [3.05, 3.63) is 76.0 Å². The smallest absolute Gasteiger partial charge is 0.265 e. The molecule has 0 aliphatic heterocycles. The quantitative estimate of drug-likeness (QED) is 0.441. The SMILES string of the molecule is CCc1ccc(NC(=O)c2cc3c(C)nn(Cc4ccc(F)cc4)c3s2)cc1S(N)(=O)=O. The van der Waals surface area contributed by atoms with Gasteiger partial charge in [0.15, 0.2) is 0 Å². The van der Waals surface area contributed by atoms with E-state index in [9.17, 15) is 17.6 Å². The van der Waals surface area contributed by atoms with Crippen LogP contribution in [0.5, 0.6) is 0 Å². The van der Waals surface area contributed by atoms with Crippen LogP contribution in [0.25, 0.3) is 10.2 Å². The van der Waals surface area contributed by atoms with Gasteiger partial charge in [0.25, 0.3) is 5.91 Å². The highest BCUT2D eigenvalue weighted by Crippen LogP contribution is 2.30. The van der Waals surface area contributed by atoms with E-state index in [0.29, 0.717) is 29.1 Å². The molecule has 0 aliphatic carbocycles. The highest BCUT2D eigenvalue weighted by molar-refractivity contribution is 7.89. The molecule has 0 aliphatic rings. The molecule has 0 bridgehead atoms. The summed E-state index contributed by atoms with van der Waals surface area (Å²) >= 11 is 1.28. The minimum Gasteiger partial charge on any atom is -0.321 e. The third kappa shape index (κ3) is 4.43. The molecule has 4 aromatic rings. The minimum absolute atomic E-state index is 0.0000696. The number of thiophene rings is 1. The van der Waals surface area contributed by atoms with Crippen LogP contribution in [0.3, 0.4) is 0 Å². The molecule has 10 heteroatoms. The molecule has 2 aromatic carbocycles. The minimum atomic E-state index is -3.91. The van der Waals surface area contributed by atoms with Gasteiger partial charge in [0.05, 0.1) is 22.0 Å². The molecule has 4 rings (SSSR count). The van der Waals surface area contributed by atoms with Crippen LogP contribution < -0.4 is 10.5 Å². The molecule has 0 unspecified atom stereocenters. The molecular formula is C22H21FN4O3S2. The molecule has 2 heterocycles. The third-order valence-electron chi connectivity index (χ3n) is 5.09. The third-order valence-corrected chi connectivity index (χ3v) is 7.23. The first-order valence-electron chi connectivity index (χ1n) is 9.84. The number of amides is 1. The van der Waals surface area contributed by atoms with Gasteiger partial charge in [-0.05, 0) is 54.8 Å².